The van der Waals surface area contributed by atoms with E-state index in [0.29, 0.717) is 12.1 Å². The van der Waals surface area contributed by atoms with Gasteiger partial charge in [-0.2, -0.15) is 13.2 Å². The van der Waals surface area contributed by atoms with Gasteiger partial charge in [-0.05, 0) is 48.5 Å². The lowest BCUT2D eigenvalue weighted by Crippen LogP contribution is -2.14. The summed E-state index contributed by atoms with van der Waals surface area (Å²) in [7, 11) is -7.54. The van der Waals surface area contributed by atoms with Crippen molar-refractivity contribution in [3.05, 3.63) is 54.1 Å². The molecule has 0 saturated carbocycles. The van der Waals surface area contributed by atoms with Gasteiger partial charge in [0.2, 0.25) is 10.0 Å². The maximum atomic E-state index is 12.5. The topological polar surface area (TPSA) is 92.3 Å². The third kappa shape index (κ3) is 5.36. The highest BCUT2D eigenvalue weighted by atomic mass is 32.2. The fraction of sp³-hybridized carbons (Fsp3) is 0.143. The normalized spacial score (nSPS) is 12.6. The largest absolute Gasteiger partial charge is 0.416 e. The van der Waals surface area contributed by atoms with Crippen LogP contribution in [-0.4, -0.2) is 23.1 Å². The fourth-order valence-electron chi connectivity index (χ4n) is 1.86. The Morgan fingerprint density at radius 3 is 1.60 bits per heavy atom. The molecular weight excluding hydrogens is 381 g/mol. The predicted octanol–water partition coefficient (Wildman–Crippen LogP) is 2.88. The molecule has 0 spiro atoms. The monoisotopic (exact) mass is 394 g/mol. The third-order valence-electron chi connectivity index (χ3n) is 2.93. The van der Waals surface area contributed by atoms with Gasteiger partial charge in [0, 0.05) is 11.4 Å². The van der Waals surface area contributed by atoms with Crippen LogP contribution < -0.4 is 9.44 Å². The first-order valence-electron chi connectivity index (χ1n) is 6.65. The molecule has 2 aromatic rings. The van der Waals surface area contributed by atoms with E-state index in [0.717, 1.165) is 18.4 Å². The first-order valence-corrected chi connectivity index (χ1v) is 10.0. The molecule has 0 bridgehead atoms. The van der Waals surface area contributed by atoms with Crippen molar-refractivity contribution in [2.24, 2.45) is 0 Å². The average molecular weight is 394 g/mol. The Balaban J connectivity index is 2.18. The molecule has 0 aliphatic carbocycles. The van der Waals surface area contributed by atoms with Gasteiger partial charge < -0.3 is 0 Å². The summed E-state index contributed by atoms with van der Waals surface area (Å²) in [4.78, 5) is -0.334. The van der Waals surface area contributed by atoms with Crippen LogP contribution in [0.1, 0.15) is 5.56 Å². The Hall–Kier alpha value is -2.27. The highest BCUT2D eigenvalue weighted by molar-refractivity contribution is 7.92. The minimum Gasteiger partial charge on any atom is -0.284 e. The maximum Gasteiger partial charge on any atom is 0.416 e. The molecule has 2 rings (SSSR count). The van der Waals surface area contributed by atoms with Gasteiger partial charge >= 0.3 is 6.18 Å². The van der Waals surface area contributed by atoms with Crippen molar-refractivity contribution in [2.75, 3.05) is 15.7 Å². The van der Waals surface area contributed by atoms with E-state index in [1.807, 2.05) is 0 Å². The first-order chi connectivity index (χ1) is 11.4. The van der Waals surface area contributed by atoms with E-state index in [2.05, 4.69) is 9.44 Å². The van der Waals surface area contributed by atoms with Crippen LogP contribution in [0, 0.1) is 0 Å². The lowest BCUT2D eigenvalue weighted by molar-refractivity contribution is -0.137. The molecule has 0 aliphatic heterocycles. The zero-order valence-corrected chi connectivity index (χ0v) is 14.3. The van der Waals surface area contributed by atoms with Crippen LogP contribution in [0.15, 0.2) is 53.4 Å². The molecule has 2 N–H and O–H groups in total. The van der Waals surface area contributed by atoms with Crippen LogP contribution >= 0.6 is 0 Å². The molecule has 0 unspecified atom stereocenters. The van der Waals surface area contributed by atoms with Crippen LogP contribution in [0.4, 0.5) is 24.5 Å². The van der Waals surface area contributed by atoms with Crippen molar-refractivity contribution in [2.45, 2.75) is 11.1 Å². The fourth-order valence-corrected chi connectivity index (χ4v) is 3.48. The summed E-state index contributed by atoms with van der Waals surface area (Å²) < 4.78 is 88.5. The van der Waals surface area contributed by atoms with Crippen LogP contribution in [-0.2, 0) is 26.2 Å². The minimum atomic E-state index is -4.56. The number of rotatable bonds is 5. The number of alkyl halides is 3. The van der Waals surface area contributed by atoms with E-state index < -0.39 is 31.8 Å². The quantitative estimate of drug-likeness (QED) is 0.816. The van der Waals surface area contributed by atoms with Crippen LogP contribution in [0.5, 0.6) is 0 Å². The molecule has 25 heavy (non-hydrogen) atoms. The summed E-state index contributed by atoms with van der Waals surface area (Å²) >= 11 is 0. The highest BCUT2D eigenvalue weighted by Gasteiger charge is 2.30. The minimum absolute atomic E-state index is 0.124. The lowest BCUT2D eigenvalue weighted by Gasteiger charge is -2.11. The Labute approximate surface area is 142 Å². The van der Waals surface area contributed by atoms with Gasteiger partial charge in [0.05, 0.1) is 16.7 Å². The molecule has 136 valence electrons. The zero-order chi connectivity index (χ0) is 18.9. The summed E-state index contributed by atoms with van der Waals surface area (Å²) in [6.07, 6.45) is -3.59. The smallest absolute Gasteiger partial charge is 0.284 e. The van der Waals surface area contributed by atoms with Crippen molar-refractivity contribution < 1.29 is 30.0 Å². The molecule has 11 heteroatoms. The molecule has 0 fully saturated rings. The van der Waals surface area contributed by atoms with E-state index in [-0.39, 0.29) is 16.3 Å². The number of benzene rings is 2. The Morgan fingerprint density at radius 2 is 1.20 bits per heavy atom. The predicted molar refractivity (Wildman–Crippen MR) is 87.2 cm³/mol. The van der Waals surface area contributed by atoms with Crippen molar-refractivity contribution in [1.29, 1.82) is 0 Å². The molecular formula is C14H13F3N2O4S2. The van der Waals surface area contributed by atoms with Gasteiger partial charge in [-0.3, -0.25) is 9.44 Å². The number of halogens is 3. The molecule has 2 aromatic carbocycles. The van der Waals surface area contributed by atoms with E-state index in [1.165, 1.54) is 24.3 Å². The van der Waals surface area contributed by atoms with Crippen LogP contribution in [0.25, 0.3) is 0 Å². The van der Waals surface area contributed by atoms with Crippen molar-refractivity contribution in [1.82, 2.24) is 0 Å². The summed E-state index contributed by atoms with van der Waals surface area (Å²) in [5, 5.41) is 0. The summed E-state index contributed by atoms with van der Waals surface area (Å²) in [6.45, 7) is 0. The Kier molecular flexibility index (Phi) is 5.00. The number of nitrogens with one attached hydrogen (secondary N) is 2. The van der Waals surface area contributed by atoms with E-state index in [1.54, 1.807) is 0 Å². The molecule has 0 saturated heterocycles. The zero-order valence-electron chi connectivity index (χ0n) is 12.7. The number of sulfonamides is 2. The summed E-state index contributed by atoms with van der Waals surface area (Å²) in [6, 6.07) is 8.36. The van der Waals surface area contributed by atoms with Crippen LogP contribution in [0.2, 0.25) is 0 Å². The molecule has 0 amide bonds. The molecule has 0 radical (unpaired) electrons. The average Bonchev–Trinajstić information content (AvgIpc) is 2.47. The second-order valence-corrected chi connectivity index (χ2v) is 8.51. The van der Waals surface area contributed by atoms with E-state index >= 15 is 0 Å². The standard InChI is InChI=1S/C14H13F3N2O4S2/c1-24(20,21)18-11-4-6-12(7-5-11)19-25(22,23)13-8-2-10(3-9-13)14(15,16)17/h2-9,18-19H,1H3. The second-order valence-electron chi connectivity index (χ2n) is 5.08. The van der Waals surface area contributed by atoms with Crippen molar-refractivity contribution in [3.8, 4) is 0 Å². The van der Waals surface area contributed by atoms with E-state index in [9.17, 15) is 30.0 Å². The SMILES string of the molecule is CS(=O)(=O)Nc1ccc(NS(=O)(=O)c2ccc(C(F)(F)F)cc2)cc1. The Morgan fingerprint density at radius 1 is 0.760 bits per heavy atom. The van der Waals surface area contributed by atoms with Crippen LogP contribution in [0.3, 0.4) is 0 Å². The number of anilines is 2. The van der Waals surface area contributed by atoms with Gasteiger partial charge in [0.1, 0.15) is 0 Å². The van der Waals surface area contributed by atoms with Gasteiger partial charge in [0.15, 0.2) is 0 Å². The maximum absolute atomic E-state index is 12.5. The Bertz CT molecular complexity index is 953. The van der Waals surface area contributed by atoms with E-state index in [4.69, 9.17) is 0 Å². The van der Waals surface area contributed by atoms with Gasteiger partial charge in [-0.1, -0.05) is 0 Å². The third-order valence-corrected chi connectivity index (χ3v) is 4.94. The first kappa shape index (κ1) is 19.1. The highest BCUT2D eigenvalue weighted by Crippen LogP contribution is 2.30. The summed E-state index contributed by atoms with van der Waals surface area (Å²) in [5.74, 6) is 0. The molecule has 0 heterocycles. The molecule has 6 nitrogen and oxygen atoms in total. The number of hydrogen-bond donors (Lipinski definition) is 2. The summed E-state index contributed by atoms with van der Waals surface area (Å²) in [5.41, 5.74) is -0.596. The van der Waals surface area contributed by atoms with Gasteiger partial charge in [-0.25, -0.2) is 16.8 Å². The molecule has 0 aromatic heterocycles. The number of hydrogen-bond acceptors (Lipinski definition) is 4. The van der Waals surface area contributed by atoms with Crippen molar-refractivity contribution in [3.63, 3.8) is 0 Å². The van der Waals surface area contributed by atoms with Crippen molar-refractivity contribution >= 4 is 31.4 Å². The van der Waals surface area contributed by atoms with Gasteiger partial charge in [0.25, 0.3) is 10.0 Å². The molecule has 0 atom stereocenters. The second kappa shape index (κ2) is 6.56. The molecule has 0 aliphatic rings. The lowest BCUT2D eigenvalue weighted by atomic mass is 10.2. The van der Waals surface area contributed by atoms with Gasteiger partial charge in [-0.15, -0.1) is 0 Å².